The van der Waals surface area contributed by atoms with Crippen LogP contribution in [0, 0.1) is 6.92 Å². The number of aryl methyl sites for hydroxylation is 1. The molecule has 2 aliphatic rings. The second kappa shape index (κ2) is 5.88. The van der Waals surface area contributed by atoms with Crippen LogP contribution < -0.4 is 5.32 Å². The summed E-state index contributed by atoms with van der Waals surface area (Å²) in [5.74, 6) is 0.709. The Morgan fingerprint density at radius 3 is 2.60 bits per heavy atom. The van der Waals surface area contributed by atoms with Gasteiger partial charge in [0.2, 0.25) is 5.91 Å². The van der Waals surface area contributed by atoms with Gasteiger partial charge in [0, 0.05) is 25.3 Å². The number of aromatic nitrogens is 1. The second-order valence-electron chi connectivity index (χ2n) is 6.82. The fourth-order valence-electron chi connectivity index (χ4n) is 3.56. The first kappa shape index (κ1) is 15.6. The molecular weight excluding hydrogens is 316 g/mol. The molecule has 4 rings (SSSR count). The quantitative estimate of drug-likeness (QED) is 0.876. The molecule has 1 aromatic carbocycles. The first-order valence-corrected chi connectivity index (χ1v) is 8.40. The molecule has 1 spiro atoms. The summed E-state index contributed by atoms with van der Waals surface area (Å²) in [6.45, 7) is 3.64. The lowest BCUT2D eigenvalue weighted by atomic mass is 9.76. The van der Waals surface area contributed by atoms with E-state index < -0.39 is 0 Å². The molecule has 3 heterocycles. The number of rotatable bonds is 3. The van der Waals surface area contributed by atoms with Crippen LogP contribution in [0.1, 0.15) is 17.7 Å². The van der Waals surface area contributed by atoms with Gasteiger partial charge in [0.15, 0.2) is 0 Å². The summed E-state index contributed by atoms with van der Waals surface area (Å²) in [6.07, 6.45) is 0.520. The van der Waals surface area contributed by atoms with Crippen LogP contribution >= 0.6 is 0 Å². The molecule has 0 aliphatic carbocycles. The Morgan fingerprint density at radius 2 is 1.92 bits per heavy atom. The summed E-state index contributed by atoms with van der Waals surface area (Å²) >= 11 is 0. The average Bonchev–Trinajstić information content (AvgIpc) is 2.56. The van der Waals surface area contributed by atoms with Crippen molar-refractivity contribution in [3.05, 3.63) is 59.8 Å². The summed E-state index contributed by atoms with van der Waals surface area (Å²) < 4.78 is 0. The molecular formula is C19H20N4O2. The molecule has 0 saturated carbocycles. The number of amides is 3. The average molecular weight is 336 g/mol. The topological polar surface area (TPSA) is 65.5 Å². The van der Waals surface area contributed by atoms with Crippen molar-refractivity contribution in [2.45, 2.75) is 25.4 Å². The Kier molecular flexibility index (Phi) is 3.67. The molecule has 1 N–H and O–H groups in total. The van der Waals surface area contributed by atoms with E-state index in [9.17, 15) is 9.59 Å². The Balaban J connectivity index is 1.37. The van der Waals surface area contributed by atoms with Crippen molar-refractivity contribution in [3.63, 3.8) is 0 Å². The molecule has 0 unspecified atom stereocenters. The van der Waals surface area contributed by atoms with Gasteiger partial charge in [0.05, 0.1) is 12.0 Å². The van der Waals surface area contributed by atoms with Crippen molar-refractivity contribution >= 4 is 17.8 Å². The monoisotopic (exact) mass is 336 g/mol. The van der Waals surface area contributed by atoms with E-state index in [0.717, 1.165) is 11.3 Å². The fourth-order valence-corrected chi connectivity index (χ4v) is 3.56. The Hall–Kier alpha value is -2.89. The first-order valence-electron chi connectivity index (χ1n) is 8.40. The number of nitrogens with one attached hydrogen (secondary N) is 1. The molecule has 3 amide bonds. The molecule has 0 bridgehead atoms. The van der Waals surface area contributed by atoms with Crippen LogP contribution in [-0.2, 0) is 11.3 Å². The Labute approximate surface area is 146 Å². The third kappa shape index (κ3) is 2.84. The van der Waals surface area contributed by atoms with Gasteiger partial charge in [-0.25, -0.2) is 9.78 Å². The SMILES string of the molecule is Cc1cccc(NC(=O)N2CC3(CC(=O)N3Cc3ccccc3)C2)n1. The predicted octanol–water partition coefficient (Wildman–Crippen LogP) is 2.41. The highest BCUT2D eigenvalue weighted by Gasteiger charge is 2.59. The summed E-state index contributed by atoms with van der Waals surface area (Å²) in [4.78, 5) is 32.3. The number of pyridine rings is 1. The standard InChI is InChI=1S/C19H20N4O2/c1-14-6-5-9-16(20-14)21-18(25)22-12-19(13-22)10-17(24)23(19)11-15-7-3-2-4-8-15/h2-9H,10-13H2,1H3,(H,20,21,25). The normalized spacial score (nSPS) is 17.9. The van der Waals surface area contributed by atoms with Gasteiger partial charge in [0.1, 0.15) is 5.82 Å². The smallest absolute Gasteiger partial charge is 0.323 e. The Morgan fingerprint density at radius 1 is 1.16 bits per heavy atom. The molecule has 2 fully saturated rings. The first-order chi connectivity index (χ1) is 12.1. The third-order valence-corrected chi connectivity index (χ3v) is 4.92. The van der Waals surface area contributed by atoms with Crippen LogP contribution in [0.2, 0.25) is 0 Å². The van der Waals surface area contributed by atoms with E-state index in [-0.39, 0.29) is 17.5 Å². The Bertz CT molecular complexity index is 815. The number of urea groups is 1. The molecule has 2 saturated heterocycles. The van der Waals surface area contributed by atoms with Gasteiger partial charge in [-0.1, -0.05) is 36.4 Å². The van der Waals surface area contributed by atoms with Crippen molar-refractivity contribution in [2.24, 2.45) is 0 Å². The van der Waals surface area contributed by atoms with E-state index in [1.54, 1.807) is 11.0 Å². The number of benzene rings is 1. The van der Waals surface area contributed by atoms with Crippen LogP contribution in [0.15, 0.2) is 48.5 Å². The van der Waals surface area contributed by atoms with E-state index in [4.69, 9.17) is 0 Å². The number of hydrogen-bond acceptors (Lipinski definition) is 3. The van der Waals surface area contributed by atoms with Gasteiger partial charge >= 0.3 is 6.03 Å². The molecule has 6 nitrogen and oxygen atoms in total. The highest BCUT2D eigenvalue weighted by atomic mass is 16.2. The minimum Gasteiger partial charge on any atom is -0.329 e. The number of carbonyl (C=O) groups excluding carboxylic acids is 2. The number of carbonyl (C=O) groups is 2. The largest absolute Gasteiger partial charge is 0.329 e. The number of anilines is 1. The molecule has 128 valence electrons. The summed E-state index contributed by atoms with van der Waals surface area (Å²) in [5.41, 5.74) is 1.78. The van der Waals surface area contributed by atoms with Crippen molar-refractivity contribution < 1.29 is 9.59 Å². The van der Waals surface area contributed by atoms with Crippen LogP contribution in [0.4, 0.5) is 10.6 Å². The van der Waals surface area contributed by atoms with Crippen molar-refractivity contribution in [1.29, 1.82) is 0 Å². The van der Waals surface area contributed by atoms with Crippen molar-refractivity contribution in [2.75, 3.05) is 18.4 Å². The van der Waals surface area contributed by atoms with Crippen LogP contribution in [0.25, 0.3) is 0 Å². The summed E-state index contributed by atoms with van der Waals surface area (Å²) in [7, 11) is 0. The molecule has 0 radical (unpaired) electrons. The number of likely N-dealkylation sites (tertiary alicyclic amines) is 2. The van der Waals surface area contributed by atoms with E-state index in [2.05, 4.69) is 10.3 Å². The zero-order valence-electron chi connectivity index (χ0n) is 14.1. The third-order valence-electron chi connectivity index (χ3n) is 4.92. The number of nitrogens with zero attached hydrogens (tertiary/aromatic N) is 3. The molecule has 1 aromatic heterocycles. The maximum absolute atomic E-state index is 12.4. The van der Waals surface area contributed by atoms with Crippen LogP contribution in [-0.4, -0.2) is 45.4 Å². The summed E-state index contributed by atoms with van der Waals surface area (Å²) in [6, 6.07) is 15.3. The lowest BCUT2D eigenvalue weighted by molar-refractivity contribution is -0.172. The van der Waals surface area contributed by atoms with Crippen molar-refractivity contribution in [3.8, 4) is 0 Å². The lowest BCUT2D eigenvalue weighted by Gasteiger charge is -2.61. The second-order valence-corrected chi connectivity index (χ2v) is 6.82. The van der Waals surface area contributed by atoms with Gasteiger partial charge < -0.3 is 9.80 Å². The highest BCUT2D eigenvalue weighted by molar-refractivity contribution is 5.91. The van der Waals surface area contributed by atoms with E-state index in [1.807, 2.05) is 54.3 Å². The van der Waals surface area contributed by atoms with Gasteiger partial charge in [-0.15, -0.1) is 0 Å². The van der Waals surface area contributed by atoms with Gasteiger partial charge in [-0.3, -0.25) is 10.1 Å². The van der Waals surface area contributed by atoms with Crippen molar-refractivity contribution in [1.82, 2.24) is 14.8 Å². The van der Waals surface area contributed by atoms with Gasteiger partial charge in [-0.2, -0.15) is 0 Å². The van der Waals surface area contributed by atoms with E-state index in [0.29, 0.717) is 31.9 Å². The molecule has 0 atom stereocenters. The predicted molar refractivity (Wildman–Crippen MR) is 93.9 cm³/mol. The van der Waals surface area contributed by atoms with Gasteiger partial charge in [0.25, 0.3) is 0 Å². The minimum absolute atomic E-state index is 0.157. The van der Waals surface area contributed by atoms with Crippen LogP contribution in [0.5, 0.6) is 0 Å². The molecule has 25 heavy (non-hydrogen) atoms. The number of hydrogen-bond donors (Lipinski definition) is 1. The zero-order chi connectivity index (χ0) is 17.4. The van der Waals surface area contributed by atoms with Crippen LogP contribution in [0.3, 0.4) is 0 Å². The highest BCUT2D eigenvalue weighted by Crippen LogP contribution is 2.41. The molecule has 2 aromatic rings. The maximum atomic E-state index is 12.4. The lowest BCUT2D eigenvalue weighted by Crippen LogP contribution is -2.79. The minimum atomic E-state index is -0.190. The number of β-lactam (4-membered cyclic amide) rings is 1. The van der Waals surface area contributed by atoms with Gasteiger partial charge in [-0.05, 0) is 24.6 Å². The molecule has 6 heteroatoms. The molecule has 2 aliphatic heterocycles. The maximum Gasteiger partial charge on any atom is 0.323 e. The van der Waals surface area contributed by atoms with E-state index >= 15 is 0 Å². The summed E-state index contributed by atoms with van der Waals surface area (Å²) in [5, 5.41) is 2.82. The fraction of sp³-hybridized carbons (Fsp3) is 0.316. The zero-order valence-corrected chi connectivity index (χ0v) is 14.1. The van der Waals surface area contributed by atoms with E-state index in [1.165, 1.54) is 0 Å².